The summed E-state index contributed by atoms with van der Waals surface area (Å²) in [5.41, 5.74) is 1.23. The van der Waals surface area contributed by atoms with Gasteiger partial charge in [-0.1, -0.05) is 12.1 Å². The molecule has 0 aliphatic carbocycles. The molecule has 0 amide bonds. The normalized spacial score (nSPS) is 11.5. The van der Waals surface area contributed by atoms with Crippen molar-refractivity contribution in [2.24, 2.45) is 0 Å². The number of anilines is 1. The molecule has 0 aliphatic rings. The van der Waals surface area contributed by atoms with Gasteiger partial charge in [0.15, 0.2) is 0 Å². The highest BCUT2D eigenvalue weighted by molar-refractivity contribution is 7.89. The van der Waals surface area contributed by atoms with Crippen molar-refractivity contribution in [2.45, 2.75) is 18.4 Å². The third-order valence-electron chi connectivity index (χ3n) is 2.86. The molecule has 0 radical (unpaired) electrons. The van der Waals surface area contributed by atoms with Crippen molar-refractivity contribution in [1.29, 1.82) is 0 Å². The quantitative estimate of drug-likeness (QED) is 0.901. The van der Waals surface area contributed by atoms with Crippen LogP contribution < -0.4 is 9.62 Å². The Morgan fingerprint density at radius 2 is 1.91 bits per heavy atom. The third-order valence-corrected chi connectivity index (χ3v) is 4.30. The molecule has 1 N–H and O–H groups in total. The second-order valence-electron chi connectivity index (χ2n) is 4.95. The molecule has 0 saturated carbocycles. The van der Waals surface area contributed by atoms with E-state index in [1.165, 1.54) is 18.2 Å². The average Bonchev–Trinajstić information content (AvgIpc) is 2.45. The Labute approximate surface area is 129 Å². The fraction of sp³-hybridized carbons (Fsp3) is 0.286. The van der Waals surface area contributed by atoms with E-state index >= 15 is 0 Å². The van der Waals surface area contributed by atoms with Crippen LogP contribution in [0.5, 0.6) is 0 Å². The van der Waals surface area contributed by atoms with Crippen LogP contribution in [0.15, 0.2) is 35.2 Å². The van der Waals surface area contributed by atoms with Crippen molar-refractivity contribution < 1.29 is 12.8 Å². The summed E-state index contributed by atoms with van der Waals surface area (Å²) in [5, 5.41) is 0. The predicted molar refractivity (Wildman–Crippen MR) is 81.5 cm³/mol. The van der Waals surface area contributed by atoms with Gasteiger partial charge in [0.2, 0.25) is 16.0 Å². The van der Waals surface area contributed by atoms with Crippen LogP contribution in [0, 0.1) is 12.7 Å². The van der Waals surface area contributed by atoms with Gasteiger partial charge in [-0.05, 0) is 25.1 Å². The van der Waals surface area contributed by atoms with Gasteiger partial charge in [0, 0.05) is 19.8 Å². The first kappa shape index (κ1) is 16.3. The number of hydrogen-bond donors (Lipinski definition) is 1. The van der Waals surface area contributed by atoms with Gasteiger partial charge >= 0.3 is 0 Å². The highest BCUT2D eigenvalue weighted by Crippen LogP contribution is 2.14. The maximum atomic E-state index is 13.6. The maximum absolute atomic E-state index is 13.6. The molecule has 2 rings (SSSR count). The van der Waals surface area contributed by atoms with Crippen LogP contribution in [0.4, 0.5) is 10.3 Å². The summed E-state index contributed by atoms with van der Waals surface area (Å²) in [6.07, 6.45) is 0. The van der Waals surface area contributed by atoms with Gasteiger partial charge in [0.05, 0.1) is 12.2 Å². The van der Waals surface area contributed by atoms with Crippen LogP contribution in [0.3, 0.4) is 0 Å². The number of hydrogen-bond acceptors (Lipinski definition) is 5. The average molecular weight is 324 g/mol. The van der Waals surface area contributed by atoms with E-state index < -0.39 is 15.8 Å². The molecule has 1 aromatic carbocycles. The summed E-state index contributed by atoms with van der Waals surface area (Å²) >= 11 is 0. The van der Waals surface area contributed by atoms with Crippen molar-refractivity contribution in [3.05, 3.63) is 47.5 Å². The minimum atomic E-state index is -3.93. The van der Waals surface area contributed by atoms with E-state index in [1.54, 1.807) is 32.0 Å². The van der Waals surface area contributed by atoms with Crippen molar-refractivity contribution >= 4 is 16.0 Å². The molecule has 0 fully saturated rings. The molecule has 1 heterocycles. The summed E-state index contributed by atoms with van der Waals surface area (Å²) in [6.45, 7) is 1.75. The van der Waals surface area contributed by atoms with Gasteiger partial charge < -0.3 is 4.90 Å². The number of aryl methyl sites for hydroxylation is 1. The van der Waals surface area contributed by atoms with E-state index in [0.717, 1.165) is 11.8 Å². The molecule has 8 heteroatoms. The molecule has 0 bridgehead atoms. The van der Waals surface area contributed by atoms with E-state index in [1.807, 2.05) is 0 Å². The Morgan fingerprint density at radius 1 is 1.23 bits per heavy atom. The number of rotatable bonds is 5. The van der Waals surface area contributed by atoms with E-state index in [2.05, 4.69) is 14.7 Å². The van der Waals surface area contributed by atoms with Gasteiger partial charge in [-0.2, -0.15) is 0 Å². The van der Waals surface area contributed by atoms with Crippen molar-refractivity contribution in [2.75, 3.05) is 19.0 Å². The van der Waals surface area contributed by atoms with Gasteiger partial charge in [0.25, 0.3) is 0 Å². The van der Waals surface area contributed by atoms with E-state index in [0.29, 0.717) is 11.6 Å². The molecule has 118 valence electrons. The van der Waals surface area contributed by atoms with Crippen LogP contribution in [-0.4, -0.2) is 32.5 Å². The fourth-order valence-corrected chi connectivity index (χ4v) is 2.89. The number of sulfonamides is 1. The SMILES string of the molecule is Cc1cc(CNS(=O)(=O)c2ccccc2F)nc(N(C)C)n1. The van der Waals surface area contributed by atoms with E-state index in [-0.39, 0.29) is 11.4 Å². The first-order valence-electron chi connectivity index (χ1n) is 6.55. The van der Waals surface area contributed by atoms with Gasteiger partial charge in [-0.3, -0.25) is 0 Å². The zero-order chi connectivity index (χ0) is 16.3. The largest absolute Gasteiger partial charge is 0.347 e. The zero-order valence-corrected chi connectivity index (χ0v) is 13.4. The van der Waals surface area contributed by atoms with Crippen molar-refractivity contribution in [1.82, 2.24) is 14.7 Å². The molecule has 0 aliphatic heterocycles. The molecule has 0 saturated heterocycles. The van der Waals surface area contributed by atoms with E-state index in [9.17, 15) is 12.8 Å². The minimum absolute atomic E-state index is 0.0408. The second kappa shape index (κ2) is 6.37. The summed E-state index contributed by atoms with van der Waals surface area (Å²) in [6, 6.07) is 6.90. The van der Waals surface area contributed by atoms with Crippen LogP contribution in [-0.2, 0) is 16.6 Å². The summed E-state index contributed by atoms with van der Waals surface area (Å²) in [4.78, 5) is 9.82. The highest BCUT2D eigenvalue weighted by atomic mass is 32.2. The van der Waals surface area contributed by atoms with Crippen LogP contribution in [0.25, 0.3) is 0 Å². The highest BCUT2D eigenvalue weighted by Gasteiger charge is 2.18. The zero-order valence-electron chi connectivity index (χ0n) is 12.5. The Kier molecular flexibility index (Phi) is 4.72. The number of aromatic nitrogens is 2. The summed E-state index contributed by atoms with van der Waals surface area (Å²) < 4.78 is 40.2. The summed E-state index contributed by atoms with van der Waals surface area (Å²) in [5.74, 6) is -0.303. The predicted octanol–water partition coefficient (Wildman–Crippen LogP) is 1.47. The number of nitrogens with one attached hydrogen (secondary N) is 1. The van der Waals surface area contributed by atoms with Gasteiger partial charge in [0.1, 0.15) is 10.7 Å². The lowest BCUT2D eigenvalue weighted by atomic mass is 10.3. The third kappa shape index (κ3) is 3.77. The van der Waals surface area contributed by atoms with Gasteiger partial charge in [-0.25, -0.2) is 27.5 Å². The molecule has 22 heavy (non-hydrogen) atoms. The Morgan fingerprint density at radius 3 is 2.55 bits per heavy atom. The maximum Gasteiger partial charge on any atom is 0.243 e. The minimum Gasteiger partial charge on any atom is -0.347 e. The van der Waals surface area contributed by atoms with Gasteiger partial charge in [-0.15, -0.1) is 0 Å². The van der Waals surface area contributed by atoms with Crippen LogP contribution in [0.2, 0.25) is 0 Å². The number of nitrogens with zero attached hydrogens (tertiary/aromatic N) is 3. The second-order valence-corrected chi connectivity index (χ2v) is 6.69. The number of halogens is 1. The smallest absolute Gasteiger partial charge is 0.243 e. The molecule has 2 aromatic rings. The topological polar surface area (TPSA) is 75.2 Å². The molecule has 1 aromatic heterocycles. The monoisotopic (exact) mass is 324 g/mol. The number of benzene rings is 1. The first-order valence-corrected chi connectivity index (χ1v) is 8.04. The first-order chi connectivity index (χ1) is 10.3. The lowest BCUT2D eigenvalue weighted by molar-refractivity contribution is 0.556. The lowest BCUT2D eigenvalue weighted by Gasteiger charge is -2.13. The van der Waals surface area contributed by atoms with Crippen molar-refractivity contribution in [3.8, 4) is 0 Å². The Balaban J connectivity index is 2.21. The molecule has 0 atom stereocenters. The Bertz CT molecular complexity index is 778. The molecule has 6 nitrogen and oxygen atoms in total. The molecular weight excluding hydrogens is 307 g/mol. The molecule has 0 unspecified atom stereocenters. The standard InChI is InChI=1S/C14H17FN4O2S/c1-10-8-11(18-14(17-10)19(2)3)9-16-22(20,21)13-7-5-4-6-12(13)15/h4-8,16H,9H2,1-3H3. The summed E-state index contributed by atoms with van der Waals surface area (Å²) in [7, 11) is -0.347. The van der Waals surface area contributed by atoms with Crippen LogP contribution in [0.1, 0.15) is 11.4 Å². The van der Waals surface area contributed by atoms with Crippen molar-refractivity contribution in [3.63, 3.8) is 0 Å². The molecular formula is C14H17FN4O2S. The fourth-order valence-electron chi connectivity index (χ4n) is 1.82. The molecule has 0 spiro atoms. The van der Waals surface area contributed by atoms with Crippen LogP contribution >= 0.6 is 0 Å². The lowest BCUT2D eigenvalue weighted by Crippen LogP contribution is -2.25. The van der Waals surface area contributed by atoms with E-state index in [4.69, 9.17) is 0 Å². The Hall–Kier alpha value is -2.06.